The fourth-order valence-electron chi connectivity index (χ4n) is 2.53. The number of rotatable bonds is 8. The summed E-state index contributed by atoms with van der Waals surface area (Å²) in [6.07, 6.45) is 2.59. The van der Waals surface area contributed by atoms with Crippen LogP contribution in [0.15, 0.2) is 47.6 Å². The van der Waals surface area contributed by atoms with Gasteiger partial charge < -0.3 is 20.9 Å². The summed E-state index contributed by atoms with van der Waals surface area (Å²) in [5, 5.41) is 9.95. The van der Waals surface area contributed by atoms with Crippen molar-refractivity contribution in [2.24, 2.45) is 4.99 Å². The van der Waals surface area contributed by atoms with Crippen molar-refractivity contribution in [3.8, 4) is 0 Å². The summed E-state index contributed by atoms with van der Waals surface area (Å²) in [6, 6.07) is 11.5. The number of guanidine groups is 1. The van der Waals surface area contributed by atoms with E-state index in [4.69, 9.17) is 11.6 Å². The third-order valence-electron chi connectivity index (χ3n) is 3.85. The summed E-state index contributed by atoms with van der Waals surface area (Å²) in [5.41, 5.74) is 2.94. The van der Waals surface area contributed by atoms with Crippen LogP contribution in [0, 0.1) is 0 Å². The van der Waals surface area contributed by atoms with Gasteiger partial charge in [-0.2, -0.15) is 0 Å². The van der Waals surface area contributed by atoms with Gasteiger partial charge in [0, 0.05) is 32.0 Å². The van der Waals surface area contributed by atoms with Crippen LogP contribution in [0.4, 0.5) is 5.69 Å². The van der Waals surface area contributed by atoms with Gasteiger partial charge in [0.05, 0.1) is 6.54 Å². The lowest BCUT2D eigenvalue weighted by molar-refractivity contribution is -0.116. The first kappa shape index (κ1) is 21.7. The molecule has 0 saturated carbocycles. The van der Waals surface area contributed by atoms with Gasteiger partial charge in [-0.05, 0) is 49.8 Å². The third kappa shape index (κ3) is 7.94. The van der Waals surface area contributed by atoms with Crippen molar-refractivity contribution in [3.63, 3.8) is 0 Å². The summed E-state index contributed by atoms with van der Waals surface area (Å²) >= 11 is 5.80. The number of aromatic nitrogens is 1. The average Bonchev–Trinajstić information content (AvgIpc) is 2.65. The van der Waals surface area contributed by atoms with Gasteiger partial charge in [-0.15, -0.1) is 0 Å². The number of hydrogen-bond donors (Lipinski definition) is 3. The molecule has 0 unspecified atom stereocenters. The Morgan fingerprint density at radius 3 is 2.68 bits per heavy atom. The van der Waals surface area contributed by atoms with E-state index >= 15 is 0 Å². The highest BCUT2D eigenvalue weighted by Crippen LogP contribution is 2.10. The Morgan fingerprint density at radius 2 is 2.00 bits per heavy atom. The molecule has 0 spiro atoms. The molecule has 1 heterocycles. The molecule has 150 valence electrons. The van der Waals surface area contributed by atoms with E-state index in [9.17, 15) is 4.79 Å². The minimum atomic E-state index is -0.0377. The number of benzene rings is 1. The maximum Gasteiger partial charge on any atom is 0.238 e. The van der Waals surface area contributed by atoms with Crippen molar-refractivity contribution >= 4 is 29.2 Å². The van der Waals surface area contributed by atoms with Gasteiger partial charge in [0.2, 0.25) is 5.91 Å². The first-order chi connectivity index (χ1) is 13.5. The Morgan fingerprint density at radius 1 is 1.18 bits per heavy atom. The van der Waals surface area contributed by atoms with Crippen LogP contribution in [0.2, 0.25) is 5.15 Å². The van der Waals surface area contributed by atoms with Gasteiger partial charge in [0.1, 0.15) is 5.15 Å². The molecule has 1 amide bonds. The van der Waals surface area contributed by atoms with Crippen molar-refractivity contribution in [3.05, 3.63) is 58.9 Å². The van der Waals surface area contributed by atoms with E-state index in [-0.39, 0.29) is 5.91 Å². The van der Waals surface area contributed by atoms with Gasteiger partial charge in [0.15, 0.2) is 5.96 Å². The molecule has 2 rings (SSSR count). The Balaban J connectivity index is 1.80. The number of aliphatic imine (C=N–C) groups is 1. The average molecular weight is 403 g/mol. The maximum atomic E-state index is 11.9. The fraction of sp³-hybridized carbons (Fsp3) is 0.350. The molecular weight excluding hydrogens is 376 g/mol. The summed E-state index contributed by atoms with van der Waals surface area (Å²) < 4.78 is 0. The molecule has 28 heavy (non-hydrogen) atoms. The third-order valence-corrected chi connectivity index (χ3v) is 4.07. The molecule has 1 aromatic heterocycles. The summed E-state index contributed by atoms with van der Waals surface area (Å²) in [5.74, 6) is 0.674. The molecule has 0 aliphatic carbocycles. The maximum absolute atomic E-state index is 11.9. The summed E-state index contributed by atoms with van der Waals surface area (Å²) in [4.78, 5) is 22.0. The van der Waals surface area contributed by atoms with E-state index in [1.807, 2.05) is 49.3 Å². The zero-order valence-electron chi connectivity index (χ0n) is 16.5. The zero-order chi connectivity index (χ0) is 20.4. The second-order valence-corrected chi connectivity index (χ2v) is 6.97. The highest BCUT2D eigenvalue weighted by molar-refractivity contribution is 6.29. The van der Waals surface area contributed by atoms with Crippen LogP contribution < -0.4 is 16.0 Å². The highest BCUT2D eigenvalue weighted by atomic mass is 35.5. The van der Waals surface area contributed by atoms with Crippen LogP contribution >= 0.6 is 11.6 Å². The van der Waals surface area contributed by atoms with Crippen LogP contribution in [-0.4, -0.2) is 56.0 Å². The number of likely N-dealkylation sites (N-methyl/N-ethyl adjacent to an activating group) is 1. The van der Waals surface area contributed by atoms with E-state index < -0.39 is 0 Å². The predicted octanol–water partition coefficient (Wildman–Crippen LogP) is 2.14. The van der Waals surface area contributed by atoms with Gasteiger partial charge >= 0.3 is 0 Å². The highest BCUT2D eigenvalue weighted by Gasteiger charge is 2.05. The van der Waals surface area contributed by atoms with Crippen LogP contribution in [0.1, 0.15) is 11.1 Å². The lowest BCUT2D eigenvalue weighted by Crippen LogP contribution is -2.37. The van der Waals surface area contributed by atoms with Crippen LogP contribution in [-0.2, 0) is 17.8 Å². The standard InChI is InChI=1S/C20H27ClN6O/c1-22-20(23-10-9-15-7-8-18(21)24-12-15)25-13-16-5-4-6-17(11-16)26-19(28)14-27(2)3/h4-8,11-12H,9-10,13-14H2,1-3H3,(H,26,28)(H2,22,23,25). The number of halogens is 1. The quantitative estimate of drug-likeness (QED) is 0.358. The molecule has 0 saturated heterocycles. The SMILES string of the molecule is CN=C(NCCc1ccc(Cl)nc1)NCc1cccc(NC(=O)CN(C)C)c1. The number of anilines is 1. The van der Waals surface area contributed by atoms with Gasteiger partial charge in [-0.1, -0.05) is 29.8 Å². The number of carbonyl (C=O) groups is 1. The normalized spacial score (nSPS) is 11.4. The molecule has 2 aromatic rings. The molecule has 8 heteroatoms. The Kier molecular flexibility index (Phi) is 8.71. The molecule has 0 radical (unpaired) electrons. The number of nitrogens with one attached hydrogen (secondary N) is 3. The van der Waals surface area contributed by atoms with Crippen molar-refractivity contribution in [1.29, 1.82) is 0 Å². The van der Waals surface area contributed by atoms with Crippen molar-refractivity contribution in [1.82, 2.24) is 20.5 Å². The Hall–Kier alpha value is -2.64. The minimum Gasteiger partial charge on any atom is -0.356 e. The minimum absolute atomic E-state index is 0.0377. The van der Waals surface area contributed by atoms with Crippen molar-refractivity contribution in [2.75, 3.05) is 39.5 Å². The van der Waals surface area contributed by atoms with Crippen molar-refractivity contribution in [2.45, 2.75) is 13.0 Å². The van der Waals surface area contributed by atoms with E-state index in [1.165, 1.54) is 0 Å². The fourth-order valence-corrected chi connectivity index (χ4v) is 2.64. The number of amides is 1. The first-order valence-electron chi connectivity index (χ1n) is 9.04. The van der Waals surface area contributed by atoms with Gasteiger partial charge in [0.25, 0.3) is 0 Å². The molecule has 0 bridgehead atoms. The summed E-state index contributed by atoms with van der Waals surface area (Å²) in [6.45, 7) is 1.67. The van der Waals surface area contributed by atoms with E-state index in [1.54, 1.807) is 19.3 Å². The number of hydrogen-bond acceptors (Lipinski definition) is 4. The van der Waals surface area contributed by atoms with Gasteiger partial charge in [-0.3, -0.25) is 9.79 Å². The van der Waals surface area contributed by atoms with Crippen LogP contribution in [0.5, 0.6) is 0 Å². The topological polar surface area (TPSA) is 81.6 Å². The molecule has 0 aliphatic rings. The first-order valence-corrected chi connectivity index (χ1v) is 9.42. The van der Waals surface area contributed by atoms with Crippen LogP contribution in [0.25, 0.3) is 0 Å². The second-order valence-electron chi connectivity index (χ2n) is 6.58. The molecule has 3 N–H and O–H groups in total. The second kappa shape index (κ2) is 11.3. The predicted molar refractivity (Wildman–Crippen MR) is 115 cm³/mol. The van der Waals surface area contributed by atoms with E-state index in [0.29, 0.717) is 24.2 Å². The van der Waals surface area contributed by atoms with Crippen LogP contribution in [0.3, 0.4) is 0 Å². The largest absolute Gasteiger partial charge is 0.356 e. The molecule has 0 fully saturated rings. The molecule has 1 aromatic carbocycles. The van der Waals surface area contributed by atoms with E-state index in [0.717, 1.165) is 29.8 Å². The smallest absolute Gasteiger partial charge is 0.238 e. The molecular formula is C20H27ClN6O. The monoisotopic (exact) mass is 402 g/mol. The van der Waals surface area contributed by atoms with Crippen molar-refractivity contribution < 1.29 is 4.79 Å². The lowest BCUT2D eigenvalue weighted by atomic mass is 10.2. The Labute approximate surface area is 171 Å². The molecule has 7 nitrogen and oxygen atoms in total. The number of carbonyl (C=O) groups excluding carboxylic acids is 1. The number of nitrogens with zero attached hydrogens (tertiary/aromatic N) is 3. The van der Waals surface area contributed by atoms with Gasteiger partial charge in [-0.25, -0.2) is 4.98 Å². The van der Waals surface area contributed by atoms with E-state index in [2.05, 4.69) is 25.9 Å². The summed E-state index contributed by atoms with van der Waals surface area (Å²) in [7, 11) is 5.46. The molecule has 0 atom stereocenters. The lowest BCUT2D eigenvalue weighted by Gasteiger charge is -2.13. The number of pyridine rings is 1. The molecule has 0 aliphatic heterocycles. The zero-order valence-corrected chi connectivity index (χ0v) is 17.3. The Bertz CT molecular complexity index is 792.